The molecule has 2 heteroatoms. The van der Waals surface area contributed by atoms with Gasteiger partial charge in [-0.05, 0) is 19.8 Å². The summed E-state index contributed by atoms with van der Waals surface area (Å²) in [5.74, 6) is 0.793. The Morgan fingerprint density at radius 2 is 2.45 bits per heavy atom. The molecule has 1 fully saturated rings. The van der Waals surface area contributed by atoms with Gasteiger partial charge in [0, 0.05) is 11.8 Å². The molecule has 0 aliphatic heterocycles. The molecule has 2 aliphatic rings. The maximum absolute atomic E-state index is 11.4. The standard InChI is InChI=1S/C9H11ClO/c1-9(10)7-5-3-2-4-6(7)8(9)11/h3,5-7H,2,4H2,1H3/t6-,7+,9?/m0/s1. The average molecular weight is 171 g/mol. The van der Waals surface area contributed by atoms with E-state index in [0.717, 1.165) is 12.8 Å². The number of hydrogen-bond donors (Lipinski definition) is 0. The van der Waals surface area contributed by atoms with Crippen LogP contribution in [0, 0.1) is 11.8 Å². The second kappa shape index (κ2) is 2.10. The molecular formula is C9H11ClO. The van der Waals surface area contributed by atoms with E-state index in [1.54, 1.807) is 0 Å². The number of alkyl halides is 1. The van der Waals surface area contributed by atoms with Gasteiger partial charge in [-0.3, -0.25) is 4.79 Å². The van der Waals surface area contributed by atoms with Crippen LogP contribution in [-0.4, -0.2) is 10.7 Å². The molecule has 0 radical (unpaired) electrons. The van der Waals surface area contributed by atoms with Crippen LogP contribution in [0.4, 0.5) is 0 Å². The van der Waals surface area contributed by atoms with Crippen LogP contribution in [0.5, 0.6) is 0 Å². The van der Waals surface area contributed by atoms with Crippen LogP contribution in [-0.2, 0) is 4.79 Å². The monoisotopic (exact) mass is 170 g/mol. The van der Waals surface area contributed by atoms with Gasteiger partial charge < -0.3 is 0 Å². The highest BCUT2D eigenvalue weighted by atomic mass is 35.5. The number of carbonyl (C=O) groups excluding carboxylic acids is 1. The van der Waals surface area contributed by atoms with Crippen molar-refractivity contribution in [2.24, 2.45) is 11.8 Å². The van der Waals surface area contributed by atoms with E-state index >= 15 is 0 Å². The highest BCUT2D eigenvalue weighted by Crippen LogP contribution is 2.49. The first-order valence-electron chi connectivity index (χ1n) is 4.04. The van der Waals surface area contributed by atoms with Crippen molar-refractivity contribution in [3.05, 3.63) is 12.2 Å². The molecule has 0 N–H and O–H groups in total. The first-order valence-corrected chi connectivity index (χ1v) is 4.41. The van der Waals surface area contributed by atoms with E-state index in [-0.39, 0.29) is 11.7 Å². The minimum absolute atomic E-state index is 0.238. The minimum Gasteiger partial charge on any atom is -0.297 e. The van der Waals surface area contributed by atoms with Crippen LogP contribution < -0.4 is 0 Å². The third kappa shape index (κ3) is 0.807. The number of rotatable bonds is 0. The Morgan fingerprint density at radius 1 is 1.73 bits per heavy atom. The molecule has 1 saturated carbocycles. The van der Waals surface area contributed by atoms with Gasteiger partial charge in [0.05, 0.1) is 0 Å². The number of carbonyl (C=O) groups is 1. The van der Waals surface area contributed by atoms with Crippen LogP contribution in [0.1, 0.15) is 19.8 Å². The minimum atomic E-state index is -0.582. The lowest BCUT2D eigenvalue weighted by molar-refractivity contribution is -0.137. The predicted octanol–water partition coefficient (Wildman–Crippen LogP) is 2.15. The number of hydrogen-bond acceptors (Lipinski definition) is 1. The van der Waals surface area contributed by atoms with Crippen molar-refractivity contribution in [1.82, 2.24) is 0 Å². The van der Waals surface area contributed by atoms with Gasteiger partial charge in [0.25, 0.3) is 0 Å². The molecule has 0 bridgehead atoms. The first kappa shape index (κ1) is 7.35. The Labute approximate surface area is 71.4 Å². The van der Waals surface area contributed by atoms with Gasteiger partial charge in [0.1, 0.15) is 4.87 Å². The molecule has 0 saturated heterocycles. The van der Waals surface area contributed by atoms with Gasteiger partial charge in [0.2, 0.25) is 0 Å². The Hall–Kier alpha value is -0.300. The molecule has 0 aromatic rings. The lowest BCUT2D eigenvalue weighted by Crippen LogP contribution is -2.57. The zero-order chi connectivity index (χ0) is 8.06. The van der Waals surface area contributed by atoms with Crippen molar-refractivity contribution in [3.8, 4) is 0 Å². The molecule has 0 aromatic carbocycles. The first-order chi connectivity index (χ1) is 5.14. The van der Waals surface area contributed by atoms with Crippen molar-refractivity contribution < 1.29 is 4.79 Å². The van der Waals surface area contributed by atoms with Crippen LogP contribution in [0.3, 0.4) is 0 Å². The van der Waals surface area contributed by atoms with E-state index in [0.29, 0.717) is 5.92 Å². The Morgan fingerprint density at radius 3 is 3.09 bits per heavy atom. The second-order valence-electron chi connectivity index (χ2n) is 3.58. The quantitative estimate of drug-likeness (QED) is 0.402. The van der Waals surface area contributed by atoms with Crippen molar-refractivity contribution in [3.63, 3.8) is 0 Å². The van der Waals surface area contributed by atoms with E-state index in [1.165, 1.54) is 0 Å². The molecule has 2 rings (SSSR count). The van der Waals surface area contributed by atoms with Crippen LogP contribution in [0.15, 0.2) is 12.2 Å². The Bertz CT molecular complexity index is 230. The largest absolute Gasteiger partial charge is 0.297 e. The van der Waals surface area contributed by atoms with Gasteiger partial charge in [-0.15, -0.1) is 11.6 Å². The summed E-state index contributed by atoms with van der Waals surface area (Å²) < 4.78 is 0. The third-order valence-electron chi connectivity index (χ3n) is 2.87. The summed E-state index contributed by atoms with van der Waals surface area (Å²) in [6.45, 7) is 1.83. The van der Waals surface area contributed by atoms with Crippen LogP contribution >= 0.6 is 11.6 Å². The van der Waals surface area contributed by atoms with Gasteiger partial charge in [-0.2, -0.15) is 0 Å². The zero-order valence-corrected chi connectivity index (χ0v) is 7.27. The molecule has 0 amide bonds. The lowest BCUT2D eigenvalue weighted by atomic mass is 9.60. The molecular weight excluding hydrogens is 160 g/mol. The van der Waals surface area contributed by atoms with E-state index in [1.807, 2.05) is 6.92 Å². The highest BCUT2D eigenvalue weighted by molar-refractivity contribution is 6.38. The molecule has 2 aliphatic carbocycles. The lowest BCUT2D eigenvalue weighted by Gasteiger charge is -2.47. The van der Waals surface area contributed by atoms with Crippen LogP contribution in [0.2, 0.25) is 0 Å². The average Bonchev–Trinajstić information content (AvgIpc) is 2.04. The molecule has 0 spiro atoms. The smallest absolute Gasteiger partial charge is 0.157 e. The Balaban J connectivity index is 2.27. The second-order valence-corrected chi connectivity index (χ2v) is 4.36. The van der Waals surface area contributed by atoms with E-state index in [9.17, 15) is 4.79 Å². The van der Waals surface area contributed by atoms with Gasteiger partial charge in [-0.25, -0.2) is 0 Å². The fourth-order valence-corrected chi connectivity index (χ4v) is 2.48. The number of fused-ring (bicyclic) bond motifs is 1. The maximum atomic E-state index is 11.4. The van der Waals surface area contributed by atoms with Gasteiger partial charge in [0.15, 0.2) is 5.78 Å². The third-order valence-corrected chi connectivity index (χ3v) is 3.30. The summed E-state index contributed by atoms with van der Waals surface area (Å²) in [4.78, 5) is 10.8. The fraction of sp³-hybridized carbons (Fsp3) is 0.667. The number of Topliss-reactive ketones (excluding diaryl/α,β-unsaturated/α-hetero) is 1. The molecule has 1 unspecified atom stereocenters. The van der Waals surface area contributed by atoms with E-state index < -0.39 is 4.87 Å². The summed E-state index contributed by atoms with van der Waals surface area (Å²) in [5.41, 5.74) is 0. The van der Waals surface area contributed by atoms with Crippen molar-refractivity contribution in [2.45, 2.75) is 24.6 Å². The summed E-state index contributed by atoms with van der Waals surface area (Å²) in [7, 11) is 0. The van der Waals surface area contributed by atoms with Crippen molar-refractivity contribution in [1.29, 1.82) is 0 Å². The van der Waals surface area contributed by atoms with Crippen LogP contribution in [0.25, 0.3) is 0 Å². The predicted molar refractivity (Wildman–Crippen MR) is 44.6 cm³/mol. The molecule has 0 heterocycles. The molecule has 0 aromatic heterocycles. The van der Waals surface area contributed by atoms with Crippen molar-refractivity contribution >= 4 is 17.4 Å². The topological polar surface area (TPSA) is 17.1 Å². The molecule has 1 nitrogen and oxygen atoms in total. The number of allylic oxidation sites excluding steroid dienone is 2. The number of halogens is 1. The maximum Gasteiger partial charge on any atom is 0.157 e. The summed E-state index contributed by atoms with van der Waals surface area (Å²) in [6.07, 6.45) is 6.28. The van der Waals surface area contributed by atoms with Gasteiger partial charge >= 0.3 is 0 Å². The summed E-state index contributed by atoms with van der Waals surface area (Å²) >= 11 is 6.03. The van der Waals surface area contributed by atoms with E-state index in [2.05, 4.69) is 12.2 Å². The molecule has 3 atom stereocenters. The Kier molecular flexibility index (Phi) is 1.40. The fourth-order valence-electron chi connectivity index (χ4n) is 2.12. The summed E-state index contributed by atoms with van der Waals surface area (Å²) in [5, 5.41) is 0. The normalized spacial score (nSPS) is 48.4. The summed E-state index contributed by atoms with van der Waals surface area (Å²) in [6, 6.07) is 0. The highest BCUT2D eigenvalue weighted by Gasteiger charge is 2.56. The zero-order valence-electron chi connectivity index (χ0n) is 6.51. The van der Waals surface area contributed by atoms with Gasteiger partial charge in [-0.1, -0.05) is 12.2 Å². The SMILES string of the molecule is CC1(Cl)C(=O)[C@H]2CCC=C[C@H]21. The molecule has 11 heavy (non-hydrogen) atoms. The number of ketones is 1. The molecule has 60 valence electrons. The van der Waals surface area contributed by atoms with Crippen molar-refractivity contribution in [2.75, 3.05) is 0 Å². The van der Waals surface area contributed by atoms with E-state index in [4.69, 9.17) is 11.6 Å².